The van der Waals surface area contributed by atoms with Crippen molar-refractivity contribution >= 4 is 20.1 Å². The summed E-state index contributed by atoms with van der Waals surface area (Å²) in [7, 11) is -1.83. The fourth-order valence-electron chi connectivity index (χ4n) is 2.86. The van der Waals surface area contributed by atoms with E-state index in [0.29, 0.717) is 6.61 Å². The third-order valence-electron chi connectivity index (χ3n) is 5.30. The number of cyclic esters (lactones) is 1. The smallest absolute Gasteiger partial charge is 0.415 e. The fourth-order valence-corrected chi connectivity index (χ4v) is 3.88. The van der Waals surface area contributed by atoms with Crippen molar-refractivity contribution < 1.29 is 14.0 Å². The molecular formula is C17H25NO3Si. The third-order valence-corrected chi connectivity index (χ3v) is 9.81. The number of anilines is 1. The zero-order chi connectivity index (χ0) is 16.1. The minimum absolute atomic E-state index is 0.0784. The number of hydrogen-bond donors (Lipinski definition) is 0. The van der Waals surface area contributed by atoms with Gasteiger partial charge in [-0.05, 0) is 36.2 Å². The first kappa shape index (κ1) is 15.6. The molecule has 2 aliphatic rings. The minimum atomic E-state index is -1.83. The van der Waals surface area contributed by atoms with E-state index in [1.807, 2.05) is 18.2 Å². The van der Waals surface area contributed by atoms with Crippen LogP contribution in [-0.4, -0.2) is 33.2 Å². The van der Waals surface area contributed by atoms with Crippen LogP contribution < -0.4 is 4.90 Å². The van der Waals surface area contributed by atoms with Crippen molar-refractivity contribution in [2.24, 2.45) is 0 Å². The lowest BCUT2D eigenvalue weighted by Crippen LogP contribution is -2.44. The lowest BCUT2D eigenvalue weighted by Gasteiger charge is -2.37. The van der Waals surface area contributed by atoms with Crippen LogP contribution in [0.4, 0.5) is 10.5 Å². The van der Waals surface area contributed by atoms with Gasteiger partial charge in [-0.2, -0.15) is 0 Å². The maximum absolute atomic E-state index is 12.2. The summed E-state index contributed by atoms with van der Waals surface area (Å²) < 4.78 is 11.8. The van der Waals surface area contributed by atoms with Crippen LogP contribution in [0, 0.1) is 0 Å². The molecule has 3 rings (SSSR count). The number of rotatable bonds is 3. The second-order valence-corrected chi connectivity index (χ2v) is 12.6. The number of para-hydroxylation sites is 1. The van der Waals surface area contributed by atoms with Gasteiger partial charge < -0.3 is 9.16 Å². The summed E-state index contributed by atoms with van der Waals surface area (Å²) in [4.78, 5) is 14.0. The lowest BCUT2D eigenvalue weighted by atomic mass is 10.1. The van der Waals surface area contributed by atoms with Crippen molar-refractivity contribution in [3.05, 3.63) is 29.8 Å². The van der Waals surface area contributed by atoms with Crippen molar-refractivity contribution in [2.75, 3.05) is 11.5 Å². The monoisotopic (exact) mass is 319 g/mol. The highest BCUT2D eigenvalue weighted by Gasteiger charge is 2.48. The van der Waals surface area contributed by atoms with Gasteiger partial charge in [0.15, 0.2) is 8.32 Å². The van der Waals surface area contributed by atoms with E-state index in [9.17, 15) is 4.79 Å². The molecule has 0 unspecified atom stereocenters. The second kappa shape index (κ2) is 5.10. The number of ether oxygens (including phenoxy) is 1. The quantitative estimate of drug-likeness (QED) is 0.792. The largest absolute Gasteiger partial charge is 0.441 e. The normalized spacial score (nSPS) is 24.2. The molecule has 1 amide bonds. The van der Waals surface area contributed by atoms with Gasteiger partial charge in [0.1, 0.15) is 6.10 Å². The van der Waals surface area contributed by atoms with Crippen LogP contribution in [0.15, 0.2) is 24.3 Å². The average Bonchev–Trinajstić information content (AvgIpc) is 2.94. The van der Waals surface area contributed by atoms with E-state index in [1.165, 1.54) is 5.56 Å². The zero-order valence-electron chi connectivity index (χ0n) is 14.1. The van der Waals surface area contributed by atoms with Crippen LogP contribution in [0.25, 0.3) is 0 Å². The Kier molecular flexibility index (Phi) is 3.60. The van der Waals surface area contributed by atoms with Gasteiger partial charge in [0.25, 0.3) is 0 Å². The van der Waals surface area contributed by atoms with Crippen LogP contribution in [0.5, 0.6) is 0 Å². The van der Waals surface area contributed by atoms with E-state index < -0.39 is 8.32 Å². The van der Waals surface area contributed by atoms with Gasteiger partial charge in [-0.25, -0.2) is 4.79 Å². The highest BCUT2D eigenvalue weighted by molar-refractivity contribution is 6.74. The Labute approximate surface area is 133 Å². The van der Waals surface area contributed by atoms with Crippen LogP contribution in [0.3, 0.4) is 0 Å². The number of carbonyl (C=O) groups excluding carboxylic acids is 1. The van der Waals surface area contributed by atoms with Crippen molar-refractivity contribution in [3.63, 3.8) is 0 Å². The van der Waals surface area contributed by atoms with Crippen LogP contribution in [-0.2, 0) is 15.6 Å². The molecule has 1 fully saturated rings. The van der Waals surface area contributed by atoms with E-state index in [0.717, 1.165) is 12.1 Å². The summed E-state index contributed by atoms with van der Waals surface area (Å²) in [5.41, 5.74) is 2.22. The summed E-state index contributed by atoms with van der Waals surface area (Å²) in [6.07, 6.45) is 0.445. The summed E-state index contributed by atoms with van der Waals surface area (Å²) >= 11 is 0. The molecule has 5 heteroatoms. The second-order valence-electron chi connectivity index (χ2n) is 7.76. The Hall–Kier alpha value is -1.33. The number of carbonyl (C=O) groups is 1. The lowest BCUT2D eigenvalue weighted by molar-refractivity contribution is 0.0867. The zero-order valence-corrected chi connectivity index (χ0v) is 15.1. The van der Waals surface area contributed by atoms with Crippen molar-refractivity contribution in [2.45, 2.75) is 57.5 Å². The molecule has 0 saturated carbocycles. The molecule has 0 N–H and O–H groups in total. The van der Waals surface area contributed by atoms with Gasteiger partial charge in [0.2, 0.25) is 0 Å². The molecule has 1 aromatic carbocycles. The van der Waals surface area contributed by atoms with Crippen molar-refractivity contribution in [3.8, 4) is 0 Å². The van der Waals surface area contributed by atoms with Crippen LogP contribution in [0.2, 0.25) is 18.1 Å². The van der Waals surface area contributed by atoms with E-state index in [2.05, 4.69) is 39.9 Å². The minimum Gasteiger partial charge on any atom is -0.441 e. The Morgan fingerprint density at radius 3 is 2.68 bits per heavy atom. The maximum atomic E-state index is 12.2. The highest BCUT2D eigenvalue weighted by Crippen LogP contribution is 2.40. The van der Waals surface area contributed by atoms with E-state index in [4.69, 9.17) is 9.16 Å². The van der Waals surface area contributed by atoms with Gasteiger partial charge in [-0.1, -0.05) is 39.0 Å². The summed E-state index contributed by atoms with van der Waals surface area (Å²) in [6.45, 7) is 11.6. The molecule has 4 nitrogen and oxygen atoms in total. The molecule has 1 saturated heterocycles. The van der Waals surface area contributed by atoms with Gasteiger partial charge in [-0.3, -0.25) is 4.90 Å². The van der Waals surface area contributed by atoms with Crippen molar-refractivity contribution in [1.29, 1.82) is 0 Å². The number of benzene rings is 1. The first-order valence-electron chi connectivity index (χ1n) is 7.92. The van der Waals surface area contributed by atoms with Gasteiger partial charge in [0, 0.05) is 0 Å². The van der Waals surface area contributed by atoms with Gasteiger partial charge >= 0.3 is 6.09 Å². The van der Waals surface area contributed by atoms with Crippen LogP contribution >= 0.6 is 0 Å². The highest BCUT2D eigenvalue weighted by atomic mass is 28.4. The van der Waals surface area contributed by atoms with Gasteiger partial charge in [0.05, 0.1) is 18.3 Å². The van der Waals surface area contributed by atoms with Crippen molar-refractivity contribution in [1.82, 2.24) is 0 Å². The molecule has 0 aromatic heterocycles. The SMILES string of the molecule is CC(C)(C)[Si](C)(C)OC[C@@H]1OC(=O)N2c3ccccc3C[C@@H]12. The summed E-state index contributed by atoms with van der Waals surface area (Å²) in [5.74, 6) is 0. The number of hydrogen-bond acceptors (Lipinski definition) is 3. The molecule has 0 radical (unpaired) electrons. The predicted molar refractivity (Wildman–Crippen MR) is 89.8 cm³/mol. The van der Waals surface area contributed by atoms with E-state index in [-0.39, 0.29) is 23.3 Å². The molecule has 0 bridgehead atoms. The molecule has 2 heterocycles. The number of nitrogens with zero attached hydrogens (tertiary/aromatic N) is 1. The van der Waals surface area contributed by atoms with E-state index >= 15 is 0 Å². The molecule has 0 spiro atoms. The number of fused-ring (bicyclic) bond motifs is 3. The van der Waals surface area contributed by atoms with Crippen LogP contribution in [0.1, 0.15) is 26.3 Å². The molecule has 0 aliphatic carbocycles. The molecule has 120 valence electrons. The molecule has 2 aliphatic heterocycles. The third kappa shape index (κ3) is 2.46. The maximum Gasteiger partial charge on any atom is 0.415 e. The standard InChI is InChI=1S/C17H25NO3Si/c1-17(2,3)22(4,5)20-11-15-14-10-12-8-6-7-9-13(12)18(14)16(19)21-15/h6-9,14-15H,10-11H2,1-5H3/t14-,15-/m0/s1. The molecule has 2 atom stereocenters. The van der Waals surface area contributed by atoms with E-state index in [1.54, 1.807) is 4.90 Å². The Morgan fingerprint density at radius 2 is 2.00 bits per heavy atom. The average molecular weight is 319 g/mol. The Balaban J connectivity index is 1.73. The summed E-state index contributed by atoms with van der Waals surface area (Å²) in [6, 6.07) is 8.15. The molecule has 22 heavy (non-hydrogen) atoms. The first-order valence-corrected chi connectivity index (χ1v) is 10.8. The summed E-state index contributed by atoms with van der Waals surface area (Å²) in [5, 5.41) is 0.161. The Bertz CT molecular complexity index is 594. The predicted octanol–water partition coefficient (Wildman–Crippen LogP) is 3.96. The first-order chi connectivity index (χ1) is 10.2. The molecule has 1 aromatic rings. The topological polar surface area (TPSA) is 38.8 Å². The fraction of sp³-hybridized carbons (Fsp3) is 0.588. The Morgan fingerprint density at radius 1 is 1.32 bits per heavy atom. The van der Waals surface area contributed by atoms with Gasteiger partial charge in [-0.15, -0.1) is 0 Å². The molecular weight excluding hydrogens is 294 g/mol. The number of amides is 1.